The number of nitrogens with zero attached hydrogens (tertiary/aromatic N) is 3. The Balaban J connectivity index is 2.95. The molecule has 0 saturated heterocycles. The second kappa shape index (κ2) is 4.53. The first kappa shape index (κ1) is 11.8. The van der Waals surface area contributed by atoms with Crippen LogP contribution in [0.5, 0.6) is 0 Å². The van der Waals surface area contributed by atoms with Gasteiger partial charge in [-0.05, 0) is 6.42 Å². The minimum Gasteiger partial charge on any atom is -0.396 e. The van der Waals surface area contributed by atoms with E-state index >= 15 is 0 Å². The summed E-state index contributed by atoms with van der Waals surface area (Å²) >= 11 is 0. The van der Waals surface area contributed by atoms with E-state index in [1.54, 1.807) is 4.68 Å². The van der Waals surface area contributed by atoms with E-state index in [0.29, 0.717) is 24.9 Å². The van der Waals surface area contributed by atoms with Crippen LogP contribution in [0.15, 0.2) is 0 Å². The molecular weight excluding hydrogens is 194 g/mol. The molecule has 5 nitrogen and oxygen atoms in total. The van der Waals surface area contributed by atoms with Gasteiger partial charge < -0.3 is 5.11 Å². The number of aliphatic hydroxyl groups is 1. The summed E-state index contributed by atoms with van der Waals surface area (Å²) in [4.78, 5) is 10.7. The van der Waals surface area contributed by atoms with Gasteiger partial charge in [0, 0.05) is 12.0 Å². The van der Waals surface area contributed by atoms with Crippen LogP contribution in [0.3, 0.4) is 0 Å². The maximum Gasteiger partial charge on any atom is 0.172 e. The van der Waals surface area contributed by atoms with Crippen molar-refractivity contribution in [2.24, 2.45) is 5.41 Å². The zero-order chi connectivity index (χ0) is 11.5. The molecule has 0 spiro atoms. The molecule has 0 aliphatic rings. The van der Waals surface area contributed by atoms with E-state index in [9.17, 15) is 4.79 Å². The van der Waals surface area contributed by atoms with Gasteiger partial charge in [0.1, 0.15) is 5.69 Å². The Morgan fingerprint density at radius 1 is 1.53 bits per heavy atom. The highest BCUT2D eigenvalue weighted by Crippen LogP contribution is 2.18. The van der Waals surface area contributed by atoms with Crippen LogP contribution in [0.1, 0.15) is 37.0 Å². The molecule has 0 atom stereocenters. The second-order valence-electron chi connectivity index (χ2n) is 4.37. The summed E-state index contributed by atoms with van der Waals surface area (Å²) in [6.07, 6.45) is 1.43. The van der Waals surface area contributed by atoms with E-state index in [4.69, 9.17) is 5.11 Å². The van der Waals surface area contributed by atoms with Crippen LogP contribution in [0, 0.1) is 5.41 Å². The Hall–Kier alpha value is -1.23. The number of rotatable bonds is 5. The lowest BCUT2D eigenvalue weighted by Gasteiger charge is -2.21. The molecule has 0 unspecified atom stereocenters. The van der Waals surface area contributed by atoms with Crippen molar-refractivity contribution in [3.8, 4) is 0 Å². The Morgan fingerprint density at radius 2 is 2.20 bits per heavy atom. The predicted octanol–water partition coefficient (Wildman–Crippen LogP) is 0.671. The Labute approximate surface area is 89.1 Å². The Morgan fingerprint density at radius 3 is 2.67 bits per heavy atom. The van der Waals surface area contributed by atoms with Crippen LogP contribution in [-0.4, -0.2) is 33.0 Å². The minimum absolute atomic E-state index is 0.0758. The van der Waals surface area contributed by atoms with Crippen LogP contribution < -0.4 is 0 Å². The summed E-state index contributed by atoms with van der Waals surface area (Å²) < 4.78 is 1.69. The average molecular weight is 211 g/mol. The maximum absolute atomic E-state index is 10.7. The van der Waals surface area contributed by atoms with E-state index in [-0.39, 0.29) is 12.0 Å². The van der Waals surface area contributed by atoms with Gasteiger partial charge in [-0.1, -0.05) is 26.0 Å². The number of hydrogen-bond donors (Lipinski definition) is 1. The van der Waals surface area contributed by atoms with Gasteiger partial charge in [0.2, 0.25) is 0 Å². The lowest BCUT2D eigenvalue weighted by atomic mass is 9.95. The summed E-state index contributed by atoms with van der Waals surface area (Å²) in [5.41, 5.74) is 0.968. The fraction of sp³-hybridized carbons (Fsp3) is 0.700. The monoisotopic (exact) mass is 211 g/mol. The van der Waals surface area contributed by atoms with Gasteiger partial charge in [-0.25, -0.2) is 4.68 Å². The molecule has 1 rings (SSSR count). The molecule has 0 fully saturated rings. The van der Waals surface area contributed by atoms with E-state index in [1.807, 2.05) is 20.8 Å². The molecule has 5 heteroatoms. The van der Waals surface area contributed by atoms with Crippen LogP contribution in [0.4, 0.5) is 0 Å². The number of carbonyl (C=O) groups excluding carboxylic acids is 1. The maximum atomic E-state index is 10.7. The van der Waals surface area contributed by atoms with Crippen LogP contribution >= 0.6 is 0 Å². The van der Waals surface area contributed by atoms with Crippen LogP contribution in [0.25, 0.3) is 0 Å². The van der Waals surface area contributed by atoms with Gasteiger partial charge in [0.15, 0.2) is 6.29 Å². The minimum atomic E-state index is -0.252. The number of aromatic nitrogens is 3. The third kappa shape index (κ3) is 2.62. The molecular formula is C10H17N3O2. The first-order valence-electron chi connectivity index (χ1n) is 5.02. The molecule has 0 aliphatic carbocycles. The summed E-state index contributed by atoms with van der Waals surface area (Å²) in [7, 11) is 0. The molecule has 0 saturated carbocycles. The molecule has 0 radical (unpaired) electrons. The van der Waals surface area contributed by atoms with Gasteiger partial charge in [-0.2, -0.15) is 0 Å². The zero-order valence-electron chi connectivity index (χ0n) is 9.40. The van der Waals surface area contributed by atoms with Gasteiger partial charge in [-0.15, -0.1) is 5.10 Å². The predicted molar refractivity (Wildman–Crippen MR) is 55.7 cm³/mol. The molecule has 84 valence electrons. The fourth-order valence-corrected chi connectivity index (χ4v) is 1.38. The van der Waals surface area contributed by atoms with Crippen molar-refractivity contribution >= 4 is 6.29 Å². The van der Waals surface area contributed by atoms with E-state index in [2.05, 4.69) is 10.3 Å². The standard InChI is InChI=1S/C10H17N3O2/c1-4-9-8(5-14)11-12-13(9)6-10(2,3)7-15/h5,15H,4,6-7H2,1-3H3. The third-order valence-corrected chi connectivity index (χ3v) is 2.32. The van der Waals surface area contributed by atoms with E-state index < -0.39 is 0 Å². The van der Waals surface area contributed by atoms with E-state index in [1.165, 1.54) is 0 Å². The zero-order valence-corrected chi connectivity index (χ0v) is 9.40. The second-order valence-corrected chi connectivity index (χ2v) is 4.37. The highest BCUT2D eigenvalue weighted by atomic mass is 16.3. The quantitative estimate of drug-likeness (QED) is 0.727. The van der Waals surface area contributed by atoms with Crippen molar-refractivity contribution in [1.29, 1.82) is 0 Å². The molecule has 1 aromatic heterocycles. The summed E-state index contributed by atoms with van der Waals surface area (Å²) in [5, 5.41) is 16.9. The number of aliphatic hydroxyl groups excluding tert-OH is 1. The van der Waals surface area contributed by atoms with Gasteiger partial charge in [-0.3, -0.25) is 4.79 Å². The topological polar surface area (TPSA) is 68.0 Å². The average Bonchev–Trinajstić information content (AvgIpc) is 2.59. The smallest absolute Gasteiger partial charge is 0.172 e. The van der Waals surface area contributed by atoms with Gasteiger partial charge in [0.05, 0.1) is 12.2 Å². The van der Waals surface area contributed by atoms with Crippen molar-refractivity contribution in [1.82, 2.24) is 15.0 Å². The highest BCUT2D eigenvalue weighted by Gasteiger charge is 2.20. The van der Waals surface area contributed by atoms with Crippen molar-refractivity contribution in [2.45, 2.75) is 33.7 Å². The van der Waals surface area contributed by atoms with Crippen molar-refractivity contribution in [2.75, 3.05) is 6.61 Å². The van der Waals surface area contributed by atoms with Gasteiger partial charge in [0.25, 0.3) is 0 Å². The Kier molecular flexibility index (Phi) is 3.57. The lowest BCUT2D eigenvalue weighted by Crippen LogP contribution is -2.25. The lowest BCUT2D eigenvalue weighted by molar-refractivity contribution is 0.111. The molecule has 0 aromatic carbocycles. The molecule has 15 heavy (non-hydrogen) atoms. The van der Waals surface area contributed by atoms with Crippen LogP contribution in [-0.2, 0) is 13.0 Å². The summed E-state index contributed by atoms with van der Waals surface area (Å²) in [5.74, 6) is 0. The normalized spacial score (nSPS) is 11.7. The number of hydrogen-bond acceptors (Lipinski definition) is 4. The highest BCUT2D eigenvalue weighted by molar-refractivity contribution is 5.73. The van der Waals surface area contributed by atoms with Crippen molar-refractivity contribution < 1.29 is 9.90 Å². The SMILES string of the molecule is CCc1c(C=O)nnn1CC(C)(C)CO. The molecule has 0 bridgehead atoms. The number of aldehydes is 1. The Bertz CT molecular complexity index is 344. The first-order chi connectivity index (χ1) is 7.04. The molecule has 0 aliphatic heterocycles. The summed E-state index contributed by atoms with van der Waals surface area (Å²) in [6, 6.07) is 0. The molecule has 0 amide bonds. The van der Waals surface area contributed by atoms with Gasteiger partial charge >= 0.3 is 0 Å². The largest absolute Gasteiger partial charge is 0.396 e. The number of carbonyl (C=O) groups is 1. The first-order valence-corrected chi connectivity index (χ1v) is 5.02. The van der Waals surface area contributed by atoms with E-state index in [0.717, 1.165) is 5.69 Å². The fourth-order valence-electron chi connectivity index (χ4n) is 1.38. The molecule has 1 N–H and O–H groups in total. The third-order valence-electron chi connectivity index (χ3n) is 2.32. The van der Waals surface area contributed by atoms with Crippen molar-refractivity contribution in [3.05, 3.63) is 11.4 Å². The summed E-state index contributed by atoms with van der Waals surface area (Å²) in [6.45, 7) is 6.47. The van der Waals surface area contributed by atoms with Crippen molar-refractivity contribution in [3.63, 3.8) is 0 Å². The van der Waals surface area contributed by atoms with Crippen LogP contribution in [0.2, 0.25) is 0 Å². The molecule has 1 aromatic rings. The molecule has 1 heterocycles.